The molecule has 2 heterocycles. The Hall–Kier alpha value is -2.37. The minimum absolute atomic E-state index is 0.177. The number of morpholine rings is 1. The Morgan fingerprint density at radius 3 is 2.42 bits per heavy atom. The summed E-state index contributed by atoms with van der Waals surface area (Å²) >= 11 is 1.48. The molecule has 1 aromatic heterocycles. The number of sulfonamides is 1. The van der Waals surface area contributed by atoms with Crippen molar-refractivity contribution in [2.24, 2.45) is 0 Å². The molecule has 0 aliphatic carbocycles. The third-order valence-corrected chi connectivity index (χ3v) is 8.52. The van der Waals surface area contributed by atoms with Gasteiger partial charge in [0.05, 0.1) is 28.3 Å². The smallest absolute Gasteiger partial charge is 0.260 e. The van der Waals surface area contributed by atoms with E-state index in [1.165, 1.54) is 27.8 Å². The van der Waals surface area contributed by atoms with Crippen LogP contribution in [0.5, 0.6) is 0 Å². The van der Waals surface area contributed by atoms with E-state index in [9.17, 15) is 13.2 Å². The summed E-state index contributed by atoms with van der Waals surface area (Å²) < 4.78 is 33.5. The zero-order valence-corrected chi connectivity index (χ0v) is 20.7. The molecule has 0 atom stereocenters. The number of aryl methyl sites for hydroxylation is 1. The lowest BCUT2D eigenvalue weighted by molar-refractivity contribution is 0.0730. The minimum atomic E-state index is -3.61. The molecule has 0 saturated carbocycles. The van der Waals surface area contributed by atoms with Crippen molar-refractivity contribution in [3.63, 3.8) is 0 Å². The Balaban J connectivity index is 1.62. The van der Waals surface area contributed by atoms with Crippen LogP contribution in [-0.4, -0.2) is 82.0 Å². The van der Waals surface area contributed by atoms with Gasteiger partial charge in [-0.05, 0) is 56.9 Å². The average molecular weight is 489 g/mol. The highest BCUT2D eigenvalue weighted by Gasteiger charge is 2.27. The topological polar surface area (TPSA) is 83.1 Å². The van der Waals surface area contributed by atoms with Gasteiger partial charge in [-0.15, -0.1) is 0 Å². The number of benzene rings is 2. The van der Waals surface area contributed by atoms with Crippen molar-refractivity contribution in [3.8, 4) is 0 Å². The summed E-state index contributed by atoms with van der Waals surface area (Å²) in [6.07, 6.45) is 0. The lowest BCUT2D eigenvalue weighted by atomic mass is 10.2. The molecule has 0 radical (unpaired) electrons. The predicted octanol–water partition coefficient (Wildman–Crippen LogP) is 2.83. The lowest BCUT2D eigenvalue weighted by Gasteiger charge is -2.26. The van der Waals surface area contributed by atoms with Gasteiger partial charge in [0, 0.05) is 31.7 Å². The molecule has 33 heavy (non-hydrogen) atoms. The molecular formula is C23H28N4O4S2. The maximum Gasteiger partial charge on any atom is 0.260 e. The molecule has 8 nitrogen and oxygen atoms in total. The fraction of sp³-hybridized carbons (Fsp3) is 0.391. The maximum absolute atomic E-state index is 13.5. The average Bonchev–Trinajstić information content (AvgIpc) is 3.25. The minimum Gasteiger partial charge on any atom is -0.379 e. The fourth-order valence-electron chi connectivity index (χ4n) is 3.64. The van der Waals surface area contributed by atoms with E-state index >= 15 is 0 Å². The molecule has 1 amide bonds. The van der Waals surface area contributed by atoms with Crippen LogP contribution in [0, 0.1) is 6.92 Å². The highest BCUT2D eigenvalue weighted by atomic mass is 32.2. The molecular weight excluding hydrogens is 460 g/mol. The molecule has 4 rings (SSSR count). The Kier molecular flexibility index (Phi) is 7.10. The Morgan fingerprint density at radius 1 is 1.09 bits per heavy atom. The first-order valence-corrected chi connectivity index (χ1v) is 13.0. The summed E-state index contributed by atoms with van der Waals surface area (Å²) in [6.45, 7) is 4.58. The number of likely N-dealkylation sites (N-methyl/N-ethyl adjacent to an activating group) is 1. The molecule has 176 valence electrons. The van der Waals surface area contributed by atoms with Crippen molar-refractivity contribution in [2.45, 2.75) is 11.8 Å². The molecule has 3 aromatic rings. The number of rotatable bonds is 7. The van der Waals surface area contributed by atoms with Gasteiger partial charge in [-0.2, -0.15) is 4.31 Å². The highest BCUT2D eigenvalue weighted by Crippen LogP contribution is 2.31. The molecule has 0 spiro atoms. The number of carbonyl (C=O) groups is 1. The molecule has 10 heteroatoms. The van der Waals surface area contributed by atoms with Gasteiger partial charge >= 0.3 is 0 Å². The van der Waals surface area contributed by atoms with Crippen LogP contribution in [0.4, 0.5) is 5.13 Å². The first-order valence-electron chi connectivity index (χ1n) is 10.8. The van der Waals surface area contributed by atoms with Crippen molar-refractivity contribution in [1.82, 2.24) is 14.2 Å². The lowest BCUT2D eigenvalue weighted by Crippen LogP contribution is -2.40. The molecule has 0 bridgehead atoms. The number of carbonyl (C=O) groups excluding carboxylic acids is 1. The van der Waals surface area contributed by atoms with E-state index in [-0.39, 0.29) is 10.8 Å². The van der Waals surface area contributed by atoms with Gasteiger partial charge in [-0.3, -0.25) is 9.69 Å². The number of nitrogens with zero attached hydrogens (tertiary/aromatic N) is 4. The number of anilines is 1. The number of ether oxygens (including phenoxy) is 1. The second-order valence-corrected chi connectivity index (χ2v) is 11.2. The number of para-hydroxylation sites is 1. The van der Waals surface area contributed by atoms with Crippen LogP contribution in [0.1, 0.15) is 15.9 Å². The number of hydrogen-bond acceptors (Lipinski definition) is 7. The van der Waals surface area contributed by atoms with E-state index in [1.54, 1.807) is 17.0 Å². The molecule has 1 aliphatic heterocycles. The SMILES string of the molecule is Cc1cccc2sc(N(CCN(C)C)C(=O)c3ccc(S(=O)(=O)N4CCOCC4)cc3)nc12. The predicted molar refractivity (Wildman–Crippen MR) is 131 cm³/mol. The van der Waals surface area contributed by atoms with Crippen molar-refractivity contribution in [1.29, 1.82) is 0 Å². The molecule has 1 fully saturated rings. The summed E-state index contributed by atoms with van der Waals surface area (Å²) in [5.74, 6) is -0.205. The van der Waals surface area contributed by atoms with E-state index in [2.05, 4.69) is 0 Å². The summed E-state index contributed by atoms with van der Waals surface area (Å²) in [5.41, 5.74) is 2.38. The summed E-state index contributed by atoms with van der Waals surface area (Å²) in [6, 6.07) is 12.2. The third-order valence-electron chi connectivity index (χ3n) is 5.57. The molecule has 1 aliphatic rings. The normalized spacial score (nSPS) is 15.3. The largest absolute Gasteiger partial charge is 0.379 e. The van der Waals surface area contributed by atoms with Crippen molar-refractivity contribution in [2.75, 3.05) is 58.4 Å². The second kappa shape index (κ2) is 9.86. The van der Waals surface area contributed by atoms with Gasteiger partial charge in [-0.1, -0.05) is 23.5 Å². The van der Waals surface area contributed by atoms with E-state index in [0.29, 0.717) is 50.1 Å². The zero-order chi connectivity index (χ0) is 23.6. The van der Waals surface area contributed by atoms with E-state index in [4.69, 9.17) is 9.72 Å². The third kappa shape index (κ3) is 5.10. The van der Waals surface area contributed by atoms with Crippen LogP contribution in [0.15, 0.2) is 47.4 Å². The summed E-state index contributed by atoms with van der Waals surface area (Å²) in [4.78, 5) is 22.1. The number of amides is 1. The van der Waals surface area contributed by atoms with Crippen LogP contribution >= 0.6 is 11.3 Å². The molecule has 1 saturated heterocycles. The number of aromatic nitrogens is 1. The van der Waals surface area contributed by atoms with Crippen LogP contribution in [0.25, 0.3) is 10.2 Å². The molecule has 0 unspecified atom stereocenters. The summed E-state index contributed by atoms with van der Waals surface area (Å²) in [7, 11) is 0.301. The van der Waals surface area contributed by atoms with E-state index in [0.717, 1.165) is 15.8 Å². The second-order valence-electron chi connectivity index (χ2n) is 8.22. The van der Waals surface area contributed by atoms with E-state index in [1.807, 2.05) is 44.1 Å². The zero-order valence-electron chi connectivity index (χ0n) is 19.0. The monoisotopic (exact) mass is 488 g/mol. The fourth-order valence-corrected chi connectivity index (χ4v) is 6.11. The molecule has 0 N–H and O–H groups in total. The van der Waals surface area contributed by atoms with Crippen LogP contribution in [0.2, 0.25) is 0 Å². The molecule has 2 aromatic carbocycles. The number of thiazole rings is 1. The first kappa shape index (κ1) is 23.8. The quantitative estimate of drug-likeness (QED) is 0.509. The van der Waals surface area contributed by atoms with Crippen molar-refractivity contribution in [3.05, 3.63) is 53.6 Å². The standard InChI is InChI=1S/C23H28N4O4S2/c1-17-5-4-6-20-21(17)24-23(32-20)27(12-11-25(2)3)22(28)18-7-9-19(10-8-18)33(29,30)26-13-15-31-16-14-26/h4-10H,11-16H2,1-3H3. The van der Waals surface area contributed by atoms with Gasteiger partial charge in [0.1, 0.15) is 0 Å². The van der Waals surface area contributed by atoms with Gasteiger partial charge in [0.15, 0.2) is 5.13 Å². The Morgan fingerprint density at radius 2 is 1.79 bits per heavy atom. The highest BCUT2D eigenvalue weighted by molar-refractivity contribution is 7.89. The first-order chi connectivity index (χ1) is 15.8. The van der Waals surface area contributed by atoms with Crippen molar-refractivity contribution >= 4 is 42.6 Å². The van der Waals surface area contributed by atoms with Gasteiger partial charge < -0.3 is 9.64 Å². The van der Waals surface area contributed by atoms with Gasteiger partial charge in [0.25, 0.3) is 5.91 Å². The summed E-state index contributed by atoms with van der Waals surface area (Å²) in [5, 5.41) is 0.635. The van der Waals surface area contributed by atoms with Gasteiger partial charge in [-0.25, -0.2) is 13.4 Å². The van der Waals surface area contributed by atoms with Crippen LogP contribution in [-0.2, 0) is 14.8 Å². The van der Waals surface area contributed by atoms with Crippen LogP contribution in [0.3, 0.4) is 0 Å². The van der Waals surface area contributed by atoms with Crippen LogP contribution < -0.4 is 4.90 Å². The number of hydrogen-bond donors (Lipinski definition) is 0. The number of fused-ring (bicyclic) bond motifs is 1. The van der Waals surface area contributed by atoms with E-state index < -0.39 is 10.0 Å². The Bertz CT molecular complexity index is 1230. The van der Waals surface area contributed by atoms with Crippen molar-refractivity contribution < 1.29 is 17.9 Å². The Labute approximate surface area is 198 Å². The van der Waals surface area contributed by atoms with Gasteiger partial charge in [0.2, 0.25) is 10.0 Å². The maximum atomic E-state index is 13.5.